The van der Waals surface area contributed by atoms with Gasteiger partial charge in [0.25, 0.3) is 0 Å². The molecule has 9 nitrogen and oxygen atoms in total. The Hall–Kier alpha value is -2.57. The van der Waals surface area contributed by atoms with Gasteiger partial charge in [0.1, 0.15) is 0 Å². The van der Waals surface area contributed by atoms with E-state index in [1.165, 1.54) is 46.5 Å². The van der Waals surface area contributed by atoms with E-state index in [2.05, 4.69) is 83.7 Å². The summed E-state index contributed by atoms with van der Waals surface area (Å²) in [5, 5.41) is 16.1. The average Bonchev–Trinajstić information content (AvgIpc) is 3.98. The maximum atomic E-state index is 13.4. The third-order valence-corrected chi connectivity index (χ3v) is 16.9. The number of alkyl halides is 3. The van der Waals surface area contributed by atoms with Gasteiger partial charge in [-0.2, -0.15) is 13.2 Å². The lowest BCUT2D eigenvalue weighted by Gasteiger charge is -2.27. The number of aromatic nitrogens is 4. The number of halogens is 7. The molecule has 0 aromatic carbocycles. The molecule has 0 spiro atoms. The number of aliphatic hydroxyl groups is 1. The summed E-state index contributed by atoms with van der Waals surface area (Å²) in [6, 6.07) is 7.66. The average molecular weight is 1200 g/mol. The van der Waals surface area contributed by atoms with Crippen molar-refractivity contribution >= 4 is 171 Å². The summed E-state index contributed by atoms with van der Waals surface area (Å²) in [5.41, 5.74) is 8.43. The van der Waals surface area contributed by atoms with Gasteiger partial charge in [-0.25, -0.2) is 4.79 Å². The Labute approximate surface area is 405 Å². The van der Waals surface area contributed by atoms with Crippen molar-refractivity contribution in [2.45, 2.75) is 66.2 Å². The first-order chi connectivity index (χ1) is 29.1. The molecule has 328 valence electrons. The lowest BCUT2D eigenvalue weighted by atomic mass is 10.1. The number of aliphatic hydroxyl groups excluding tert-OH is 1. The number of pyridine rings is 4. The zero-order valence-electron chi connectivity index (χ0n) is 34.1. The topological polar surface area (TPSA) is 124 Å². The molecule has 0 aliphatic carbocycles. The number of ether oxygens (including phenoxy) is 1. The Morgan fingerprint density at radius 3 is 1.61 bits per heavy atom. The summed E-state index contributed by atoms with van der Waals surface area (Å²) in [6.45, 7) is 12.8. The first-order valence-electron chi connectivity index (χ1n) is 18.1. The lowest BCUT2D eigenvalue weighted by Crippen LogP contribution is -2.34. The highest BCUT2D eigenvalue weighted by molar-refractivity contribution is 9.11. The smallest absolute Gasteiger partial charge is 0.417 e. The van der Waals surface area contributed by atoms with E-state index in [0.717, 1.165) is 72.0 Å². The largest absolute Gasteiger partial charge is 0.465 e. The molecular weight excluding hydrogens is 1160 g/mol. The van der Waals surface area contributed by atoms with Crippen LogP contribution in [0.15, 0.2) is 63.7 Å². The fourth-order valence-corrected chi connectivity index (χ4v) is 13.5. The van der Waals surface area contributed by atoms with Gasteiger partial charge in [0, 0.05) is 62.6 Å². The SMILES string of the molecule is COC(=O)c1csc2c(Br)cc(C)nc12.Cc1cc(Br)c2scc(C(O[Si](C)(C)C)C(F)(F)F)c2n1.Cc1cc(Br)c2scc(C=O)c2n1.Cc1cc(Br)c2scc(CO)c2n1. The molecule has 8 heterocycles. The van der Waals surface area contributed by atoms with Crippen molar-refractivity contribution < 1.29 is 37.0 Å². The minimum atomic E-state index is -4.45. The minimum Gasteiger partial charge on any atom is -0.465 e. The minimum absolute atomic E-state index is 0.0584. The second kappa shape index (κ2) is 21.2. The molecule has 0 fully saturated rings. The number of hydrogen-bond donors (Lipinski definition) is 1. The number of carbonyl (C=O) groups is 2. The molecule has 0 aliphatic rings. The molecular formula is C41H37Br4F3N4O5S4Si. The number of nitrogens with zero attached hydrogens (tertiary/aromatic N) is 4. The number of carbonyl (C=O) groups excluding carboxylic acids is 2. The summed E-state index contributed by atoms with van der Waals surface area (Å²) < 4.78 is 57.9. The van der Waals surface area contributed by atoms with Crippen LogP contribution in [0.3, 0.4) is 0 Å². The Morgan fingerprint density at radius 1 is 0.710 bits per heavy atom. The first-order valence-corrected chi connectivity index (χ1v) is 28.2. The molecule has 8 aromatic rings. The number of esters is 1. The Balaban J connectivity index is 0.000000159. The summed E-state index contributed by atoms with van der Waals surface area (Å²) >= 11 is 19.6. The van der Waals surface area contributed by atoms with Crippen molar-refractivity contribution in [2.75, 3.05) is 7.11 Å². The van der Waals surface area contributed by atoms with Gasteiger partial charge in [0.2, 0.25) is 0 Å². The van der Waals surface area contributed by atoms with Crippen LogP contribution < -0.4 is 0 Å². The molecule has 8 aromatic heterocycles. The van der Waals surface area contributed by atoms with Crippen LogP contribution in [0.4, 0.5) is 13.2 Å². The summed E-state index contributed by atoms with van der Waals surface area (Å²) in [4.78, 5) is 39.4. The summed E-state index contributed by atoms with van der Waals surface area (Å²) in [6.07, 6.45) is -5.52. The third-order valence-electron chi connectivity index (χ3n) is 8.30. The van der Waals surface area contributed by atoms with E-state index in [9.17, 15) is 22.8 Å². The van der Waals surface area contributed by atoms with Gasteiger partial charge >= 0.3 is 12.1 Å². The molecule has 1 atom stereocenters. The first kappa shape index (κ1) is 50.4. The lowest BCUT2D eigenvalue weighted by molar-refractivity contribution is -0.200. The van der Waals surface area contributed by atoms with Crippen LogP contribution in [-0.4, -0.2) is 58.9 Å². The second-order valence-electron chi connectivity index (χ2n) is 14.4. The van der Waals surface area contributed by atoms with E-state index < -0.39 is 20.6 Å². The molecule has 1 unspecified atom stereocenters. The van der Waals surface area contributed by atoms with E-state index in [-0.39, 0.29) is 18.1 Å². The van der Waals surface area contributed by atoms with Crippen LogP contribution >= 0.6 is 109 Å². The number of aryl methyl sites for hydroxylation is 4. The van der Waals surface area contributed by atoms with Crippen molar-refractivity contribution in [2.24, 2.45) is 0 Å². The van der Waals surface area contributed by atoms with Gasteiger partial charge in [-0.3, -0.25) is 24.7 Å². The van der Waals surface area contributed by atoms with Gasteiger partial charge in [-0.05, 0) is 146 Å². The Bertz CT molecular complexity index is 2910. The van der Waals surface area contributed by atoms with E-state index in [0.29, 0.717) is 32.6 Å². The van der Waals surface area contributed by atoms with Gasteiger partial charge in [-0.1, -0.05) is 0 Å². The molecule has 0 amide bonds. The Kier molecular flexibility index (Phi) is 17.2. The van der Waals surface area contributed by atoms with Crippen LogP contribution in [0, 0.1) is 27.7 Å². The van der Waals surface area contributed by atoms with E-state index in [1.54, 1.807) is 49.3 Å². The quantitative estimate of drug-likeness (QED) is 0.0984. The van der Waals surface area contributed by atoms with Crippen LogP contribution in [0.2, 0.25) is 19.6 Å². The van der Waals surface area contributed by atoms with Crippen molar-refractivity contribution in [1.29, 1.82) is 0 Å². The number of thiophene rings is 4. The highest BCUT2D eigenvalue weighted by atomic mass is 79.9. The number of hydrogen-bond acceptors (Lipinski definition) is 13. The van der Waals surface area contributed by atoms with Crippen molar-refractivity contribution in [1.82, 2.24) is 19.9 Å². The molecule has 0 aliphatic heterocycles. The van der Waals surface area contributed by atoms with Gasteiger partial charge in [0.15, 0.2) is 20.7 Å². The molecule has 62 heavy (non-hydrogen) atoms. The van der Waals surface area contributed by atoms with Gasteiger partial charge in [0.05, 0.1) is 65.7 Å². The molecule has 0 saturated carbocycles. The highest BCUT2D eigenvalue weighted by Gasteiger charge is 2.45. The standard InChI is InChI=1S/C13H15BrF3NOSSi.C10H8BrNO2S.C9H8BrNOS.C9H6BrNOS/c1-7-5-9(14)11-10(18-7)8(6-20-11)12(13(15,16)17)19-21(2,3)4;1-5-3-7(11)9-8(12-5)6(4-15-9)10(13)14-2;2*1-5-2-7(10)9-8(11-5)6(3-12)4-13-9/h5-6,12H,1-4H3;3-4H,1-2H3;2,4,12H,3H2,1H3;2-4H,1H3. The van der Waals surface area contributed by atoms with Crippen LogP contribution in [0.5, 0.6) is 0 Å². The fourth-order valence-electron chi connectivity index (χ4n) is 5.74. The van der Waals surface area contributed by atoms with E-state index in [1.807, 2.05) is 49.7 Å². The predicted octanol–water partition coefficient (Wildman–Crippen LogP) is 15.0. The van der Waals surface area contributed by atoms with E-state index >= 15 is 0 Å². The molecule has 0 bridgehead atoms. The van der Waals surface area contributed by atoms with Crippen molar-refractivity contribution in [3.05, 3.63) is 109 Å². The maximum absolute atomic E-state index is 13.4. The van der Waals surface area contributed by atoms with Crippen LogP contribution in [0.1, 0.15) is 60.7 Å². The van der Waals surface area contributed by atoms with Gasteiger partial charge in [-0.15, -0.1) is 45.3 Å². The predicted molar refractivity (Wildman–Crippen MR) is 264 cm³/mol. The monoisotopic (exact) mass is 1190 g/mol. The molecule has 8 rings (SSSR count). The van der Waals surface area contributed by atoms with Gasteiger partial charge < -0.3 is 14.3 Å². The third kappa shape index (κ3) is 12.2. The Morgan fingerprint density at radius 2 is 1.13 bits per heavy atom. The summed E-state index contributed by atoms with van der Waals surface area (Å²) in [5.74, 6) is -0.341. The van der Waals surface area contributed by atoms with E-state index in [4.69, 9.17) is 14.3 Å². The molecule has 1 N–H and O–H groups in total. The second-order valence-corrected chi connectivity index (χ2v) is 25.8. The summed E-state index contributed by atoms with van der Waals surface area (Å²) in [7, 11) is -0.984. The molecule has 0 saturated heterocycles. The molecule has 21 heteroatoms. The number of rotatable bonds is 6. The number of fused-ring (bicyclic) bond motifs is 4. The zero-order chi connectivity index (χ0) is 45.8. The maximum Gasteiger partial charge on any atom is 0.417 e. The molecule has 0 radical (unpaired) electrons. The van der Waals surface area contributed by atoms with Crippen LogP contribution in [-0.2, 0) is 15.8 Å². The number of methoxy groups -OCH3 is 1. The highest BCUT2D eigenvalue weighted by Crippen LogP contribution is 2.44. The fraction of sp³-hybridized carbons (Fsp3) is 0.268. The normalized spacial score (nSPS) is 12.1. The zero-order valence-corrected chi connectivity index (χ0v) is 44.7. The van der Waals surface area contributed by atoms with Crippen molar-refractivity contribution in [3.8, 4) is 0 Å². The van der Waals surface area contributed by atoms with Crippen molar-refractivity contribution in [3.63, 3.8) is 0 Å². The number of aldehydes is 1. The van der Waals surface area contributed by atoms with Crippen LogP contribution in [0.25, 0.3) is 40.9 Å².